The molecular formula is C15H19Cl2NO2S. The highest BCUT2D eigenvalue weighted by atomic mass is 35.5. The van der Waals surface area contributed by atoms with Crippen LogP contribution < -0.4 is 0 Å². The second-order valence-corrected chi connectivity index (χ2v) is 7.96. The van der Waals surface area contributed by atoms with E-state index in [9.17, 15) is 4.79 Å². The Bertz CT molecular complexity index is 516. The SMILES string of the molecule is O=C(CCl)N(Cc1ccc(Cl)s1)C1CCOC2(CCC2)C1. The van der Waals surface area contributed by atoms with Crippen LogP contribution in [0.25, 0.3) is 0 Å². The van der Waals surface area contributed by atoms with Crippen LogP contribution in [0.2, 0.25) is 4.34 Å². The van der Waals surface area contributed by atoms with Gasteiger partial charge in [0.15, 0.2) is 0 Å². The highest BCUT2D eigenvalue weighted by Crippen LogP contribution is 2.43. The lowest BCUT2D eigenvalue weighted by molar-refractivity contribution is -0.158. The Hall–Kier alpha value is -0.290. The molecule has 1 amide bonds. The molecule has 21 heavy (non-hydrogen) atoms. The first-order valence-electron chi connectivity index (χ1n) is 7.35. The summed E-state index contributed by atoms with van der Waals surface area (Å²) in [6.07, 6.45) is 5.31. The number of halogens is 2. The molecule has 0 bridgehead atoms. The molecule has 0 radical (unpaired) electrons. The van der Waals surface area contributed by atoms with Crippen LogP contribution in [0.3, 0.4) is 0 Å². The van der Waals surface area contributed by atoms with E-state index in [0.29, 0.717) is 6.54 Å². The van der Waals surface area contributed by atoms with Crippen LogP contribution in [-0.4, -0.2) is 34.9 Å². The second kappa shape index (κ2) is 6.45. The fourth-order valence-electron chi connectivity index (χ4n) is 3.29. The van der Waals surface area contributed by atoms with Gasteiger partial charge in [-0.25, -0.2) is 0 Å². The van der Waals surface area contributed by atoms with Crippen LogP contribution in [0, 0.1) is 0 Å². The molecule has 1 aromatic rings. The molecule has 1 aliphatic heterocycles. The lowest BCUT2D eigenvalue weighted by atomic mass is 9.73. The van der Waals surface area contributed by atoms with Gasteiger partial charge in [0.25, 0.3) is 0 Å². The first-order chi connectivity index (χ1) is 10.1. The Morgan fingerprint density at radius 3 is 2.86 bits per heavy atom. The van der Waals surface area contributed by atoms with E-state index in [4.69, 9.17) is 27.9 Å². The summed E-state index contributed by atoms with van der Waals surface area (Å²) in [6, 6.07) is 4.09. The Morgan fingerprint density at radius 2 is 2.29 bits per heavy atom. The molecule has 3 rings (SSSR count). The molecular weight excluding hydrogens is 329 g/mol. The summed E-state index contributed by atoms with van der Waals surface area (Å²) in [7, 11) is 0. The fourth-order valence-corrected chi connectivity index (χ4v) is 4.53. The summed E-state index contributed by atoms with van der Waals surface area (Å²) in [5, 5.41) is 0. The van der Waals surface area contributed by atoms with E-state index in [1.807, 2.05) is 17.0 Å². The minimum absolute atomic E-state index is 0.00237. The number of rotatable bonds is 4. The molecule has 0 N–H and O–H groups in total. The predicted octanol–water partition coefficient (Wildman–Crippen LogP) is 4.07. The van der Waals surface area contributed by atoms with Gasteiger partial charge in [0, 0.05) is 17.5 Å². The van der Waals surface area contributed by atoms with Gasteiger partial charge in [-0.2, -0.15) is 0 Å². The summed E-state index contributed by atoms with van der Waals surface area (Å²) in [6.45, 7) is 1.34. The van der Waals surface area contributed by atoms with Crippen LogP contribution in [0.15, 0.2) is 12.1 Å². The zero-order valence-electron chi connectivity index (χ0n) is 11.8. The number of hydrogen-bond donors (Lipinski definition) is 0. The molecule has 0 aromatic carbocycles. The summed E-state index contributed by atoms with van der Waals surface area (Å²) in [4.78, 5) is 15.3. The van der Waals surface area contributed by atoms with Crippen LogP contribution in [0.4, 0.5) is 0 Å². The standard InChI is InChI=1S/C15H19Cl2NO2S/c16-9-14(19)18(10-12-2-3-13(17)21-12)11-4-7-20-15(8-11)5-1-6-15/h2-3,11H,1,4-10H2. The molecule has 2 fully saturated rings. The Balaban J connectivity index is 1.73. The van der Waals surface area contributed by atoms with Gasteiger partial charge in [0.1, 0.15) is 5.88 Å². The zero-order valence-corrected chi connectivity index (χ0v) is 14.1. The normalized spacial score (nSPS) is 23.8. The molecule has 1 saturated heterocycles. The van der Waals surface area contributed by atoms with Gasteiger partial charge in [-0.3, -0.25) is 4.79 Å². The third kappa shape index (κ3) is 3.39. The van der Waals surface area contributed by atoms with E-state index < -0.39 is 0 Å². The molecule has 1 aliphatic carbocycles. The maximum atomic E-state index is 12.3. The number of carbonyl (C=O) groups excluding carboxylic acids is 1. The molecule has 6 heteroatoms. The summed E-state index contributed by atoms with van der Waals surface area (Å²) in [5.74, 6) is 0.0336. The maximum Gasteiger partial charge on any atom is 0.238 e. The topological polar surface area (TPSA) is 29.5 Å². The molecule has 1 aromatic heterocycles. The smallest absolute Gasteiger partial charge is 0.238 e. The number of nitrogens with zero attached hydrogens (tertiary/aromatic N) is 1. The third-order valence-corrected chi connectivity index (χ3v) is 6.01. The first-order valence-corrected chi connectivity index (χ1v) is 9.08. The van der Waals surface area contributed by atoms with Crippen molar-refractivity contribution in [1.82, 2.24) is 4.90 Å². The third-order valence-electron chi connectivity index (χ3n) is 4.56. The molecule has 3 nitrogen and oxygen atoms in total. The quantitative estimate of drug-likeness (QED) is 0.768. The highest BCUT2D eigenvalue weighted by Gasteiger charge is 2.44. The van der Waals surface area contributed by atoms with Crippen LogP contribution in [-0.2, 0) is 16.1 Å². The van der Waals surface area contributed by atoms with E-state index in [1.165, 1.54) is 17.8 Å². The van der Waals surface area contributed by atoms with Gasteiger partial charge in [0.2, 0.25) is 5.91 Å². The zero-order chi connectivity index (χ0) is 14.9. The van der Waals surface area contributed by atoms with Crippen molar-refractivity contribution in [3.05, 3.63) is 21.3 Å². The van der Waals surface area contributed by atoms with Crippen LogP contribution in [0.1, 0.15) is 37.0 Å². The van der Waals surface area contributed by atoms with Crippen molar-refractivity contribution in [2.45, 2.75) is 50.3 Å². The van der Waals surface area contributed by atoms with E-state index in [2.05, 4.69) is 0 Å². The van der Waals surface area contributed by atoms with Crippen LogP contribution in [0.5, 0.6) is 0 Å². The van der Waals surface area contributed by atoms with E-state index >= 15 is 0 Å². The van der Waals surface area contributed by atoms with Crippen molar-refractivity contribution < 1.29 is 9.53 Å². The summed E-state index contributed by atoms with van der Waals surface area (Å²) in [5.41, 5.74) is 0.0286. The number of amides is 1. The maximum absolute atomic E-state index is 12.3. The minimum Gasteiger partial charge on any atom is -0.375 e. The lowest BCUT2D eigenvalue weighted by Crippen LogP contribution is -2.53. The number of alkyl halides is 1. The lowest BCUT2D eigenvalue weighted by Gasteiger charge is -2.49. The van der Waals surface area contributed by atoms with Gasteiger partial charge in [-0.15, -0.1) is 22.9 Å². The molecule has 1 saturated carbocycles. The van der Waals surface area contributed by atoms with Gasteiger partial charge in [-0.05, 0) is 44.2 Å². The van der Waals surface area contributed by atoms with Crippen molar-refractivity contribution in [1.29, 1.82) is 0 Å². The number of ether oxygens (including phenoxy) is 1. The molecule has 1 atom stereocenters. The minimum atomic E-state index is 0.00237. The number of thiophene rings is 1. The van der Waals surface area contributed by atoms with Crippen molar-refractivity contribution in [3.63, 3.8) is 0 Å². The fraction of sp³-hybridized carbons (Fsp3) is 0.667. The average Bonchev–Trinajstić information content (AvgIpc) is 2.88. The first kappa shape index (κ1) is 15.6. The monoisotopic (exact) mass is 347 g/mol. The van der Waals surface area contributed by atoms with Gasteiger partial charge in [0.05, 0.1) is 16.5 Å². The Kier molecular flexibility index (Phi) is 4.79. The largest absolute Gasteiger partial charge is 0.375 e. The molecule has 116 valence electrons. The molecule has 1 unspecified atom stereocenters. The Labute approximate surface area is 139 Å². The van der Waals surface area contributed by atoms with Gasteiger partial charge >= 0.3 is 0 Å². The molecule has 1 spiro atoms. The highest BCUT2D eigenvalue weighted by molar-refractivity contribution is 7.16. The van der Waals surface area contributed by atoms with E-state index in [0.717, 1.165) is 41.5 Å². The van der Waals surface area contributed by atoms with Crippen molar-refractivity contribution in [3.8, 4) is 0 Å². The predicted molar refractivity (Wildman–Crippen MR) is 86.2 cm³/mol. The van der Waals surface area contributed by atoms with Crippen molar-refractivity contribution in [2.24, 2.45) is 0 Å². The van der Waals surface area contributed by atoms with Crippen molar-refractivity contribution in [2.75, 3.05) is 12.5 Å². The molecule has 2 heterocycles. The Morgan fingerprint density at radius 1 is 1.48 bits per heavy atom. The van der Waals surface area contributed by atoms with Gasteiger partial charge in [-0.1, -0.05) is 11.6 Å². The number of carbonyl (C=O) groups is 1. The van der Waals surface area contributed by atoms with Crippen molar-refractivity contribution >= 4 is 40.4 Å². The average molecular weight is 348 g/mol. The van der Waals surface area contributed by atoms with E-state index in [-0.39, 0.29) is 23.4 Å². The van der Waals surface area contributed by atoms with E-state index in [1.54, 1.807) is 0 Å². The number of hydrogen-bond acceptors (Lipinski definition) is 3. The molecule has 2 aliphatic rings. The second-order valence-electron chi connectivity index (χ2n) is 5.89. The summed E-state index contributed by atoms with van der Waals surface area (Å²) >= 11 is 13.3. The van der Waals surface area contributed by atoms with Gasteiger partial charge < -0.3 is 9.64 Å². The van der Waals surface area contributed by atoms with Crippen LogP contribution >= 0.6 is 34.5 Å². The summed E-state index contributed by atoms with van der Waals surface area (Å²) < 4.78 is 6.72.